The first-order valence-corrected chi connectivity index (χ1v) is 10.9. The number of amides is 2. The molecule has 30 heavy (non-hydrogen) atoms. The molecule has 3 fully saturated rings. The minimum atomic E-state index is -1.03. The summed E-state index contributed by atoms with van der Waals surface area (Å²) in [5.74, 6) is -1.86. The predicted octanol–water partition coefficient (Wildman–Crippen LogP) is -0.503. The molecule has 0 aromatic heterocycles. The zero-order valence-electron chi connectivity index (χ0n) is 17.1. The molecule has 0 saturated carbocycles. The summed E-state index contributed by atoms with van der Waals surface area (Å²) in [6.45, 7) is 8.13. The number of piperazine rings is 1. The molecule has 0 spiro atoms. The standard InChI is InChI=1S/C16H19N3O4S.C4H10N2/c1-16(2)11(15(22)23)19-13(21)10(14(19)24-16)18-12(20)9(17)8-6-4-3-5-7-8;1-2-6-4-3-5-1/h3-7,9-11,14H,17H2,1-2H3,(H,18,20)(H,22,23);5-6H,1-4H2/t9?,10-,11+,14-;/m1./s1. The average Bonchev–Trinajstić information content (AvgIpc) is 3.01. The number of hydrogen-bond donors (Lipinski definition) is 5. The third-order valence-electron chi connectivity index (χ3n) is 5.37. The number of β-lactam (4-membered cyclic amide) rings is 1. The molecule has 4 atom stereocenters. The molecule has 3 aliphatic rings. The normalized spacial score (nSPS) is 27.8. The van der Waals surface area contributed by atoms with Crippen molar-refractivity contribution in [2.24, 2.45) is 5.73 Å². The monoisotopic (exact) mass is 435 g/mol. The van der Waals surface area contributed by atoms with E-state index in [-0.39, 0.29) is 11.3 Å². The van der Waals surface area contributed by atoms with Gasteiger partial charge < -0.3 is 31.7 Å². The minimum absolute atomic E-state index is 0.375. The molecule has 164 valence electrons. The Labute approximate surface area is 180 Å². The van der Waals surface area contributed by atoms with E-state index in [9.17, 15) is 19.5 Å². The molecular formula is C20H29N5O4S. The lowest BCUT2D eigenvalue weighted by atomic mass is 9.95. The second-order valence-corrected chi connectivity index (χ2v) is 9.74. The largest absolute Gasteiger partial charge is 0.480 e. The van der Waals surface area contributed by atoms with Gasteiger partial charge in [0.25, 0.3) is 0 Å². The van der Waals surface area contributed by atoms with Gasteiger partial charge in [-0.2, -0.15) is 0 Å². The third-order valence-corrected chi connectivity index (χ3v) is 6.94. The number of nitrogens with one attached hydrogen (secondary N) is 3. The fourth-order valence-corrected chi connectivity index (χ4v) is 5.43. The lowest BCUT2D eigenvalue weighted by Crippen LogP contribution is -2.71. The average molecular weight is 436 g/mol. The van der Waals surface area contributed by atoms with E-state index in [1.165, 1.54) is 16.7 Å². The van der Waals surface area contributed by atoms with Crippen molar-refractivity contribution in [3.8, 4) is 0 Å². The van der Waals surface area contributed by atoms with Crippen LogP contribution in [0.5, 0.6) is 0 Å². The van der Waals surface area contributed by atoms with Gasteiger partial charge in [0.2, 0.25) is 11.8 Å². The molecule has 3 heterocycles. The fraction of sp³-hybridized carbons (Fsp3) is 0.550. The Kier molecular flexibility index (Phi) is 7.02. The van der Waals surface area contributed by atoms with E-state index < -0.39 is 34.7 Å². The highest BCUT2D eigenvalue weighted by atomic mass is 32.2. The van der Waals surface area contributed by atoms with Crippen LogP contribution in [0.2, 0.25) is 0 Å². The van der Waals surface area contributed by atoms with Crippen LogP contribution in [0.3, 0.4) is 0 Å². The summed E-state index contributed by atoms with van der Waals surface area (Å²) in [4.78, 5) is 37.5. The summed E-state index contributed by atoms with van der Waals surface area (Å²) >= 11 is 1.38. The smallest absolute Gasteiger partial charge is 0.327 e. The predicted molar refractivity (Wildman–Crippen MR) is 115 cm³/mol. The highest BCUT2D eigenvalue weighted by Crippen LogP contribution is 2.50. The molecule has 9 nitrogen and oxygen atoms in total. The van der Waals surface area contributed by atoms with Gasteiger partial charge in [-0.25, -0.2) is 4.79 Å². The maximum atomic E-state index is 12.3. The SMILES string of the molecule is C1CNCCN1.CC1(C)S[C@@H]2[C@H](NC(=O)C(N)c3ccccc3)C(=O)N2[C@H]1C(=O)O. The molecule has 4 rings (SSSR count). The van der Waals surface area contributed by atoms with Crippen molar-refractivity contribution in [3.63, 3.8) is 0 Å². The molecule has 3 saturated heterocycles. The molecule has 0 radical (unpaired) electrons. The summed E-state index contributed by atoms with van der Waals surface area (Å²) in [6, 6.07) is 6.38. The highest BCUT2D eigenvalue weighted by Gasteiger charge is 2.64. The van der Waals surface area contributed by atoms with Crippen molar-refractivity contribution in [3.05, 3.63) is 35.9 Å². The molecule has 1 unspecified atom stereocenters. The van der Waals surface area contributed by atoms with Crippen LogP contribution in [0.1, 0.15) is 25.5 Å². The van der Waals surface area contributed by atoms with Crippen LogP contribution >= 0.6 is 11.8 Å². The molecule has 2 amide bonds. The van der Waals surface area contributed by atoms with Gasteiger partial charge in [0.05, 0.1) is 0 Å². The van der Waals surface area contributed by atoms with Crippen LogP contribution in [0.4, 0.5) is 0 Å². The van der Waals surface area contributed by atoms with E-state index >= 15 is 0 Å². The lowest BCUT2D eigenvalue weighted by molar-refractivity contribution is -0.161. The maximum Gasteiger partial charge on any atom is 0.327 e. The molecule has 6 N–H and O–H groups in total. The molecule has 0 bridgehead atoms. The maximum absolute atomic E-state index is 12.3. The van der Waals surface area contributed by atoms with Crippen molar-refractivity contribution in [1.29, 1.82) is 0 Å². The van der Waals surface area contributed by atoms with Crippen molar-refractivity contribution in [1.82, 2.24) is 20.9 Å². The topological polar surface area (TPSA) is 137 Å². The van der Waals surface area contributed by atoms with E-state index in [0.717, 1.165) is 26.2 Å². The van der Waals surface area contributed by atoms with Gasteiger partial charge in [-0.05, 0) is 19.4 Å². The van der Waals surface area contributed by atoms with Gasteiger partial charge in [-0.3, -0.25) is 9.59 Å². The number of aliphatic carboxylic acids is 1. The van der Waals surface area contributed by atoms with Crippen LogP contribution < -0.4 is 21.7 Å². The number of carboxylic acid groups (broad SMARTS) is 1. The third kappa shape index (κ3) is 4.61. The van der Waals surface area contributed by atoms with Crippen molar-refractivity contribution in [2.75, 3.05) is 26.2 Å². The van der Waals surface area contributed by atoms with Gasteiger partial charge in [-0.15, -0.1) is 11.8 Å². The number of carboxylic acids is 1. The molecule has 10 heteroatoms. The summed E-state index contributed by atoms with van der Waals surface area (Å²) in [5, 5.41) is 18.1. The Morgan fingerprint density at radius 3 is 2.27 bits per heavy atom. The zero-order chi connectivity index (χ0) is 21.9. The minimum Gasteiger partial charge on any atom is -0.480 e. The van der Waals surface area contributed by atoms with Gasteiger partial charge in [0.1, 0.15) is 23.5 Å². The number of carbonyl (C=O) groups is 3. The molecule has 1 aromatic carbocycles. The molecule has 0 aliphatic carbocycles. The lowest BCUT2D eigenvalue weighted by Gasteiger charge is -2.43. The fourth-order valence-electron chi connectivity index (χ4n) is 3.80. The van der Waals surface area contributed by atoms with Gasteiger partial charge >= 0.3 is 5.97 Å². The Morgan fingerprint density at radius 2 is 1.77 bits per heavy atom. The van der Waals surface area contributed by atoms with Gasteiger partial charge in [-0.1, -0.05) is 30.3 Å². The number of fused-ring (bicyclic) bond motifs is 1. The Balaban J connectivity index is 0.000000367. The second kappa shape index (κ2) is 9.34. The number of thioether (sulfide) groups is 1. The number of benzene rings is 1. The highest BCUT2D eigenvalue weighted by molar-refractivity contribution is 8.01. The first kappa shape index (κ1) is 22.5. The number of rotatable bonds is 4. The van der Waals surface area contributed by atoms with Crippen molar-refractivity contribution < 1.29 is 19.5 Å². The van der Waals surface area contributed by atoms with Crippen LogP contribution in [-0.2, 0) is 14.4 Å². The number of nitrogens with zero attached hydrogens (tertiary/aromatic N) is 1. The summed E-state index contributed by atoms with van der Waals surface area (Å²) < 4.78 is -0.618. The first-order valence-electron chi connectivity index (χ1n) is 9.99. The number of hydrogen-bond acceptors (Lipinski definition) is 7. The van der Waals surface area contributed by atoms with E-state index in [1.54, 1.807) is 38.1 Å². The van der Waals surface area contributed by atoms with E-state index in [2.05, 4.69) is 16.0 Å². The summed E-state index contributed by atoms with van der Waals surface area (Å²) in [7, 11) is 0. The van der Waals surface area contributed by atoms with Crippen molar-refractivity contribution >= 4 is 29.5 Å². The first-order chi connectivity index (χ1) is 14.2. The van der Waals surface area contributed by atoms with Crippen LogP contribution in [0.25, 0.3) is 0 Å². The Hall–Kier alpha value is -2.14. The van der Waals surface area contributed by atoms with Crippen LogP contribution in [-0.4, -0.2) is 76.2 Å². The summed E-state index contributed by atoms with van der Waals surface area (Å²) in [6.07, 6.45) is 0. The molecule has 1 aromatic rings. The zero-order valence-corrected chi connectivity index (χ0v) is 17.9. The molecular weight excluding hydrogens is 406 g/mol. The Morgan fingerprint density at radius 1 is 1.20 bits per heavy atom. The van der Waals surface area contributed by atoms with Crippen molar-refractivity contribution in [2.45, 2.75) is 42.1 Å². The van der Waals surface area contributed by atoms with Crippen LogP contribution in [0.15, 0.2) is 30.3 Å². The van der Waals surface area contributed by atoms with E-state index in [0.29, 0.717) is 5.56 Å². The van der Waals surface area contributed by atoms with Crippen LogP contribution in [0, 0.1) is 0 Å². The quantitative estimate of drug-likeness (QED) is 0.399. The number of nitrogens with two attached hydrogens (primary N) is 1. The van der Waals surface area contributed by atoms with E-state index in [4.69, 9.17) is 5.73 Å². The molecule has 3 aliphatic heterocycles. The van der Waals surface area contributed by atoms with Gasteiger partial charge in [0.15, 0.2) is 0 Å². The Bertz CT molecular complexity index is 775. The van der Waals surface area contributed by atoms with E-state index in [1.807, 2.05) is 6.07 Å². The second-order valence-electron chi connectivity index (χ2n) is 7.97. The number of carbonyl (C=O) groups excluding carboxylic acids is 2. The van der Waals surface area contributed by atoms with Gasteiger partial charge in [0, 0.05) is 30.9 Å². The summed E-state index contributed by atoms with van der Waals surface area (Å²) in [5.41, 5.74) is 6.59.